The fraction of sp³-hybridized carbons (Fsp3) is 0.500. The smallest absolute Gasteiger partial charge is 0.419 e. The summed E-state index contributed by atoms with van der Waals surface area (Å²) in [6.45, 7) is 11.6. The highest BCUT2D eigenvalue weighted by molar-refractivity contribution is 6.04. The lowest BCUT2D eigenvalue weighted by atomic mass is 10.1. The van der Waals surface area contributed by atoms with E-state index in [2.05, 4.69) is 22.2 Å². The van der Waals surface area contributed by atoms with E-state index in [-0.39, 0.29) is 18.6 Å². The molecule has 1 aliphatic rings. The number of ether oxygens (including phenoxy) is 4. The zero-order valence-corrected chi connectivity index (χ0v) is 24.2. The van der Waals surface area contributed by atoms with Crippen LogP contribution < -0.4 is 10.1 Å². The molecule has 1 saturated heterocycles. The van der Waals surface area contributed by atoms with Gasteiger partial charge in [-0.05, 0) is 91.4 Å². The van der Waals surface area contributed by atoms with Gasteiger partial charge in [0.15, 0.2) is 6.29 Å². The van der Waals surface area contributed by atoms with E-state index in [9.17, 15) is 9.59 Å². The molecule has 10 nitrogen and oxygen atoms in total. The second-order valence-electron chi connectivity index (χ2n) is 10.8. The molecule has 4 rings (SSSR count). The number of hydrogen-bond donors (Lipinski definition) is 1. The van der Waals surface area contributed by atoms with Gasteiger partial charge in [-0.25, -0.2) is 14.3 Å². The quantitative estimate of drug-likeness (QED) is 0.324. The number of fused-ring (bicyclic) bond motifs is 1. The Balaban J connectivity index is 1.53. The molecule has 1 atom stereocenters. The van der Waals surface area contributed by atoms with Crippen molar-refractivity contribution in [2.24, 2.45) is 0 Å². The Bertz CT molecular complexity index is 1310. The van der Waals surface area contributed by atoms with Gasteiger partial charge in [-0.3, -0.25) is 9.69 Å². The van der Waals surface area contributed by atoms with E-state index < -0.39 is 18.0 Å². The van der Waals surface area contributed by atoms with Gasteiger partial charge in [0.05, 0.1) is 11.6 Å². The molecule has 1 aliphatic heterocycles. The molecule has 3 aromatic rings. The molecule has 0 spiro atoms. The Morgan fingerprint density at radius 3 is 2.40 bits per heavy atom. The standard InChI is InChI=1S/C30H40N4O6/c1-7-37-27(38-8-2)19-39-22-13-11-20(12-14-22)28(35)32-26-17-24-21(18-31-26)16-25(23-10-9-15-33(23)6)34(24)29(36)40-30(3,4)5/h11-14,16-18,23,27H,7-10,15,19H2,1-6H3,(H,31,32,35)/t23-/m1/s1. The summed E-state index contributed by atoms with van der Waals surface area (Å²) in [6, 6.07) is 10.6. The summed E-state index contributed by atoms with van der Waals surface area (Å²) < 4.78 is 24.1. The third kappa shape index (κ3) is 7.18. The molecule has 1 amide bonds. The second-order valence-corrected chi connectivity index (χ2v) is 10.8. The lowest BCUT2D eigenvalue weighted by molar-refractivity contribution is -0.152. The molecule has 40 heavy (non-hydrogen) atoms. The number of pyridine rings is 1. The van der Waals surface area contributed by atoms with Crippen molar-refractivity contribution in [1.82, 2.24) is 14.5 Å². The van der Waals surface area contributed by atoms with Crippen LogP contribution in [0.5, 0.6) is 5.75 Å². The number of hydrogen-bond acceptors (Lipinski definition) is 8. The van der Waals surface area contributed by atoms with Crippen LogP contribution >= 0.6 is 0 Å². The monoisotopic (exact) mass is 552 g/mol. The van der Waals surface area contributed by atoms with Crippen molar-refractivity contribution >= 4 is 28.7 Å². The molecule has 10 heteroatoms. The summed E-state index contributed by atoms with van der Waals surface area (Å²) in [4.78, 5) is 33.1. The summed E-state index contributed by atoms with van der Waals surface area (Å²) >= 11 is 0. The molecule has 3 heterocycles. The lowest BCUT2D eigenvalue weighted by Gasteiger charge is -2.24. The average molecular weight is 553 g/mol. The molecule has 0 saturated carbocycles. The summed E-state index contributed by atoms with van der Waals surface area (Å²) in [7, 11) is 2.06. The van der Waals surface area contributed by atoms with Crippen LogP contribution in [0, 0.1) is 0 Å². The number of likely N-dealkylation sites (tertiary alicyclic amines) is 1. The number of rotatable bonds is 10. The number of amides is 1. The Morgan fingerprint density at radius 1 is 1.10 bits per heavy atom. The highest BCUT2D eigenvalue weighted by Crippen LogP contribution is 2.35. The minimum Gasteiger partial charge on any atom is -0.488 e. The van der Waals surface area contributed by atoms with Gasteiger partial charge in [0.2, 0.25) is 0 Å². The van der Waals surface area contributed by atoms with Crippen molar-refractivity contribution in [3.05, 3.63) is 53.9 Å². The number of anilines is 1. The van der Waals surface area contributed by atoms with Crippen LogP contribution in [0.3, 0.4) is 0 Å². The van der Waals surface area contributed by atoms with Crippen molar-refractivity contribution in [3.63, 3.8) is 0 Å². The third-order valence-corrected chi connectivity index (χ3v) is 6.60. The average Bonchev–Trinajstić information content (AvgIpc) is 3.49. The van der Waals surface area contributed by atoms with Crippen LogP contribution in [0.25, 0.3) is 10.9 Å². The highest BCUT2D eigenvalue weighted by Gasteiger charge is 2.30. The molecule has 1 N–H and O–H groups in total. The fourth-order valence-corrected chi connectivity index (χ4v) is 4.80. The first-order valence-electron chi connectivity index (χ1n) is 13.8. The SMILES string of the molecule is CCOC(COc1ccc(C(=O)Nc2cc3c(cn2)cc([C@H]2CCCN2C)n3C(=O)OC(C)(C)C)cc1)OCC. The maximum atomic E-state index is 13.4. The highest BCUT2D eigenvalue weighted by atomic mass is 16.7. The van der Waals surface area contributed by atoms with Crippen LogP contribution in [0.4, 0.5) is 10.6 Å². The molecular weight excluding hydrogens is 512 g/mol. The molecule has 1 fully saturated rings. The number of aromatic nitrogens is 2. The molecule has 0 unspecified atom stereocenters. The molecule has 216 valence electrons. The molecule has 1 aromatic carbocycles. The minimum atomic E-state index is -0.653. The van der Waals surface area contributed by atoms with E-state index in [0.717, 1.165) is 30.5 Å². The van der Waals surface area contributed by atoms with Crippen LogP contribution in [0.2, 0.25) is 0 Å². The van der Waals surface area contributed by atoms with E-state index in [1.807, 2.05) is 40.7 Å². The summed E-state index contributed by atoms with van der Waals surface area (Å²) in [5.74, 6) is 0.606. The van der Waals surface area contributed by atoms with Crippen LogP contribution in [-0.2, 0) is 14.2 Å². The van der Waals surface area contributed by atoms with Gasteiger partial charge in [-0.2, -0.15) is 0 Å². The molecule has 2 aromatic heterocycles. The van der Waals surface area contributed by atoms with Gasteiger partial charge >= 0.3 is 6.09 Å². The molecule has 0 aliphatic carbocycles. The van der Waals surface area contributed by atoms with E-state index in [4.69, 9.17) is 18.9 Å². The summed E-state index contributed by atoms with van der Waals surface area (Å²) in [5.41, 5.74) is 1.29. The van der Waals surface area contributed by atoms with Crippen molar-refractivity contribution in [1.29, 1.82) is 0 Å². The van der Waals surface area contributed by atoms with Crippen molar-refractivity contribution < 1.29 is 28.5 Å². The van der Waals surface area contributed by atoms with E-state index in [1.54, 1.807) is 41.1 Å². The zero-order chi connectivity index (χ0) is 28.9. The Morgan fingerprint density at radius 2 is 1.80 bits per heavy atom. The number of nitrogens with one attached hydrogen (secondary N) is 1. The van der Waals surface area contributed by atoms with Gasteiger partial charge in [0, 0.05) is 42.1 Å². The molecule has 0 bridgehead atoms. The zero-order valence-electron chi connectivity index (χ0n) is 24.2. The first kappa shape index (κ1) is 29.5. The second kappa shape index (κ2) is 12.8. The largest absolute Gasteiger partial charge is 0.488 e. The third-order valence-electron chi connectivity index (χ3n) is 6.60. The van der Waals surface area contributed by atoms with Gasteiger partial charge in [-0.15, -0.1) is 0 Å². The van der Waals surface area contributed by atoms with Gasteiger partial charge in [0.25, 0.3) is 5.91 Å². The van der Waals surface area contributed by atoms with E-state index >= 15 is 0 Å². The van der Waals surface area contributed by atoms with E-state index in [1.165, 1.54) is 0 Å². The Labute approximate surface area is 235 Å². The first-order chi connectivity index (χ1) is 19.1. The van der Waals surface area contributed by atoms with Crippen LogP contribution in [0.1, 0.15) is 69.6 Å². The van der Waals surface area contributed by atoms with Gasteiger partial charge in [0.1, 0.15) is 23.8 Å². The van der Waals surface area contributed by atoms with Crippen molar-refractivity contribution in [2.45, 2.75) is 65.4 Å². The number of nitrogens with zero attached hydrogens (tertiary/aromatic N) is 3. The minimum absolute atomic E-state index is 0.0936. The van der Waals surface area contributed by atoms with E-state index in [0.29, 0.717) is 35.9 Å². The predicted octanol–water partition coefficient (Wildman–Crippen LogP) is 5.62. The summed E-state index contributed by atoms with van der Waals surface area (Å²) in [6.07, 6.45) is 2.78. The molecule has 0 radical (unpaired) electrons. The normalized spacial score (nSPS) is 16.0. The van der Waals surface area contributed by atoms with Crippen LogP contribution in [0.15, 0.2) is 42.6 Å². The number of carbonyl (C=O) groups is 2. The lowest BCUT2D eigenvalue weighted by Crippen LogP contribution is -2.30. The first-order valence-corrected chi connectivity index (χ1v) is 13.8. The fourth-order valence-electron chi connectivity index (χ4n) is 4.80. The molecular formula is C30H40N4O6. The summed E-state index contributed by atoms with van der Waals surface area (Å²) in [5, 5.41) is 3.65. The topological polar surface area (TPSA) is 104 Å². The van der Waals surface area contributed by atoms with Crippen molar-refractivity contribution in [2.75, 3.05) is 38.7 Å². The van der Waals surface area contributed by atoms with Crippen LogP contribution in [-0.4, -0.2) is 71.8 Å². The van der Waals surface area contributed by atoms with Crippen molar-refractivity contribution in [3.8, 4) is 5.75 Å². The van der Waals surface area contributed by atoms with Gasteiger partial charge in [-0.1, -0.05) is 0 Å². The number of benzene rings is 1. The number of carbonyl (C=O) groups excluding carboxylic acids is 2. The Kier molecular flexibility index (Phi) is 9.44. The predicted molar refractivity (Wildman–Crippen MR) is 153 cm³/mol. The Hall–Kier alpha value is -3.47. The maximum Gasteiger partial charge on any atom is 0.419 e. The maximum absolute atomic E-state index is 13.4. The van der Waals surface area contributed by atoms with Gasteiger partial charge < -0.3 is 24.3 Å².